The molecule has 1 amide bonds. The molecule has 8 nitrogen and oxygen atoms in total. The monoisotopic (exact) mass is 408 g/mol. The van der Waals surface area contributed by atoms with Gasteiger partial charge in [0, 0.05) is 31.4 Å². The largest absolute Gasteiger partial charge is 0.380 e. The van der Waals surface area contributed by atoms with Gasteiger partial charge in [0.05, 0.1) is 24.7 Å². The van der Waals surface area contributed by atoms with Gasteiger partial charge < -0.3 is 15.4 Å². The molecule has 2 heterocycles. The number of amides is 1. The van der Waals surface area contributed by atoms with Crippen molar-refractivity contribution >= 4 is 34.5 Å². The third-order valence-corrected chi connectivity index (χ3v) is 4.66. The van der Waals surface area contributed by atoms with Gasteiger partial charge in [-0.1, -0.05) is 39.5 Å². The van der Waals surface area contributed by atoms with Crippen LogP contribution in [0.1, 0.15) is 41.0 Å². The van der Waals surface area contributed by atoms with Gasteiger partial charge in [-0.05, 0) is 12.8 Å². The minimum Gasteiger partial charge on any atom is -0.380 e. The Morgan fingerprint density at radius 3 is 2.71 bits per heavy atom. The van der Waals surface area contributed by atoms with Crippen LogP contribution in [0.4, 0.5) is 5.82 Å². The molecule has 0 aliphatic rings. The molecule has 0 unspecified atom stereocenters. The summed E-state index contributed by atoms with van der Waals surface area (Å²) < 4.78 is 7.22. The van der Waals surface area contributed by atoms with Crippen LogP contribution >= 0.6 is 11.8 Å². The van der Waals surface area contributed by atoms with Crippen molar-refractivity contribution < 1.29 is 9.53 Å². The van der Waals surface area contributed by atoms with Gasteiger partial charge in [0.1, 0.15) is 5.82 Å². The third kappa shape index (κ3) is 6.94. The highest BCUT2D eigenvalue weighted by Crippen LogP contribution is 2.26. The fourth-order valence-corrected chi connectivity index (χ4v) is 3.33. The van der Waals surface area contributed by atoms with E-state index in [2.05, 4.69) is 34.6 Å². The van der Waals surface area contributed by atoms with E-state index in [1.807, 2.05) is 25.5 Å². The Morgan fingerprint density at radius 1 is 1.25 bits per heavy atom. The summed E-state index contributed by atoms with van der Waals surface area (Å²) in [5.74, 6) is 1.18. The highest BCUT2D eigenvalue weighted by Gasteiger charge is 2.14. The van der Waals surface area contributed by atoms with Crippen LogP contribution in [0.25, 0.3) is 11.0 Å². The number of anilines is 1. The molecule has 0 spiro atoms. The topological polar surface area (TPSA) is 94.0 Å². The second-order valence-corrected chi connectivity index (χ2v) is 8.74. The van der Waals surface area contributed by atoms with Crippen molar-refractivity contribution in [3.63, 3.8) is 0 Å². The van der Waals surface area contributed by atoms with Crippen molar-refractivity contribution in [2.45, 2.75) is 58.0 Å². The molecule has 156 valence electrons. The molecule has 0 atom stereocenters. The van der Waals surface area contributed by atoms with Gasteiger partial charge in [-0.25, -0.2) is 14.6 Å². The molecule has 0 aliphatic heterocycles. The molecule has 2 aromatic rings. The summed E-state index contributed by atoms with van der Waals surface area (Å²) in [5, 5.41) is 12.7. The molecule has 0 fully saturated rings. The van der Waals surface area contributed by atoms with Gasteiger partial charge in [0.25, 0.3) is 0 Å². The highest BCUT2D eigenvalue weighted by atomic mass is 32.2. The lowest BCUT2D eigenvalue weighted by Gasteiger charge is -2.11. The number of nitrogens with one attached hydrogen (secondary N) is 2. The lowest BCUT2D eigenvalue weighted by Crippen LogP contribution is -2.28. The van der Waals surface area contributed by atoms with E-state index in [9.17, 15) is 4.79 Å². The maximum Gasteiger partial charge on any atom is 0.220 e. The molecule has 0 saturated heterocycles. The number of carbonyl (C=O) groups is 1. The summed E-state index contributed by atoms with van der Waals surface area (Å²) in [7, 11) is 0. The number of hydrogen-bond donors (Lipinski definition) is 2. The zero-order valence-corrected chi connectivity index (χ0v) is 18.3. The van der Waals surface area contributed by atoms with Crippen molar-refractivity contribution in [3.05, 3.63) is 6.20 Å². The van der Waals surface area contributed by atoms with Gasteiger partial charge in [-0.3, -0.25) is 4.79 Å². The van der Waals surface area contributed by atoms with E-state index in [1.165, 1.54) is 0 Å². The Labute approximate surface area is 171 Å². The van der Waals surface area contributed by atoms with Crippen molar-refractivity contribution in [1.82, 2.24) is 25.1 Å². The number of rotatable bonds is 12. The van der Waals surface area contributed by atoms with Crippen molar-refractivity contribution in [3.8, 4) is 0 Å². The number of ether oxygens (including phenoxy) is 1. The van der Waals surface area contributed by atoms with Crippen LogP contribution in [0.2, 0.25) is 0 Å². The first kappa shape index (κ1) is 22.4. The van der Waals surface area contributed by atoms with Crippen LogP contribution < -0.4 is 10.6 Å². The van der Waals surface area contributed by atoms with Gasteiger partial charge in [-0.15, -0.1) is 0 Å². The summed E-state index contributed by atoms with van der Waals surface area (Å²) in [4.78, 5) is 21.2. The Balaban J connectivity index is 2.14. The van der Waals surface area contributed by atoms with E-state index in [1.54, 1.807) is 18.0 Å². The van der Waals surface area contributed by atoms with Crippen molar-refractivity contribution in [1.29, 1.82) is 0 Å². The normalized spacial score (nSPS) is 11.5. The quantitative estimate of drug-likeness (QED) is 0.317. The summed E-state index contributed by atoms with van der Waals surface area (Å²) in [5.41, 5.74) is 0.773. The van der Waals surface area contributed by atoms with Crippen LogP contribution in [-0.4, -0.2) is 57.2 Å². The predicted molar refractivity (Wildman–Crippen MR) is 114 cm³/mol. The minimum atomic E-state index is 0.0652. The first-order valence-electron chi connectivity index (χ1n) is 9.89. The summed E-state index contributed by atoms with van der Waals surface area (Å²) in [6, 6.07) is 0. The predicted octanol–water partition coefficient (Wildman–Crippen LogP) is 2.94. The van der Waals surface area contributed by atoms with Gasteiger partial charge >= 0.3 is 0 Å². The Hall–Kier alpha value is -1.87. The van der Waals surface area contributed by atoms with Crippen LogP contribution in [0, 0.1) is 5.92 Å². The molecule has 28 heavy (non-hydrogen) atoms. The Kier molecular flexibility index (Phi) is 8.98. The SMILES string of the molecule is CCOCCNc1nc(SC(C)C)nc2c1cnn2CCNC(=O)CC(C)C. The lowest BCUT2D eigenvalue weighted by molar-refractivity contribution is -0.121. The maximum atomic E-state index is 11.9. The van der Waals surface area contributed by atoms with E-state index < -0.39 is 0 Å². The first-order valence-corrected chi connectivity index (χ1v) is 10.8. The maximum absolute atomic E-state index is 11.9. The van der Waals surface area contributed by atoms with Gasteiger partial charge in [0.2, 0.25) is 5.91 Å². The van der Waals surface area contributed by atoms with Crippen molar-refractivity contribution in [2.24, 2.45) is 5.92 Å². The molecular weight excluding hydrogens is 376 g/mol. The first-order chi connectivity index (χ1) is 13.4. The van der Waals surface area contributed by atoms with Gasteiger partial charge in [0.15, 0.2) is 10.8 Å². The Bertz CT molecular complexity index is 762. The number of carbonyl (C=O) groups excluding carboxylic acids is 1. The third-order valence-electron chi connectivity index (χ3n) is 3.80. The standard InChI is InChI=1S/C19H32N6O2S/c1-6-27-10-8-21-17-15-12-22-25(9-7-20-16(26)11-13(2)3)18(15)24-19(23-17)28-14(4)5/h12-14H,6-11H2,1-5H3,(H,20,26)(H,21,23,24). The summed E-state index contributed by atoms with van der Waals surface area (Å²) in [6.45, 7) is 13.3. The second kappa shape index (κ2) is 11.2. The number of thioether (sulfide) groups is 1. The van der Waals surface area contributed by atoms with Crippen LogP contribution in [-0.2, 0) is 16.1 Å². The molecular formula is C19H32N6O2S. The van der Waals surface area contributed by atoms with Gasteiger partial charge in [-0.2, -0.15) is 5.10 Å². The van der Waals surface area contributed by atoms with Crippen LogP contribution in [0.15, 0.2) is 11.4 Å². The smallest absolute Gasteiger partial charge is 0.220 e. The number of aromatic nitrogens is 4. The zero-order valence-electron chi connectivity index (χ0n) is 17.5. The van der Waals surface area contributed by atoms with Crippen LogP contribution in [0.5, 0.6) is 0 Å². The van der Waals surface area contributed by atoms with Crippen LogP contribution in [0.3, 0.4) is 0 Å². The van der Waals surface area contributed by atoms with E-state index in [0.717, 1.165) is 16.9 Å². The fraction of sp³-hybridized carbons (Fsp3) is 0.684. The molecule has 2 N–H and O–H groups in total. The minimum absolute atomic E-state index is 0.0652. The van der Waals surface area contributed by atoms with E-state index in [4.69, 9.17) is 9.72 Å². The molecule has 0 aliphatic carbocycles. The average molecular weight is 409 g/mol. The summed E-state index contributed by atoms with van der Waals surface area (Å²) >= 11 is 1.61. The molecule has 2 rings (SSSR count). The van der Waals surface area contributed by atoms with Crippen molar-refractivity contribution in [2.75, 3.05) is 31.6 Å². The molecule has 0 radical (unpaired) electrons. The second-order valence-electron chi connectivity index (χ2n) is 7.20. The molecule has 0 aromatic carbocycles. The summed E-state index contributed by atoms with van der Waals surface area (Å²) in [6.07, 6.45) is 2.31. The Morgan fingerprint density at radius 2 is 2.04 bits per heavy atom. The zero-order chi connectivity index (χ0) is 20.5. The number of fused-ring (bicyclic) bond motifs is 1. The lowest BCUT2D eigenvalue weighted by atomic mass is 10.1. The highest BCUT2D eigenvalue weighted by molar-refractivity contribution is 7.99. The molecule has 2 aromatic heterocycles. The number of hydrogen-bond acceptors (Lipinski definition) is 7. The molecule has 0 bridgehead atoms. The number of nitrogens with zero attached hydrogens (tertiary/aromatic N) is 4. The average Bonchev–Trinajstić information content (AvgIpc) is 3.00. The van der Waals surface area contributed by atoms with E-state index in [-0.39, 0.29) is 5.91 Å². The van der Waals surface area contributed by atoms with E-state index in [0.29, 0.717) is 55.6 Å². The molecule has 9 heteroatoms. The molecule has 0 saturated carbocycles. The van der Waals surface area contributed by atoms with E-state index >= 15 is 0 Å². The fourth-order valence-electron chi connectivity index (χ4n) is 2.63.